The third-order valence-corrected chi connectivity index (χ3v) is 3.04. The predicted octanol–water partition coefficient (Wildman–Crippen LogP) is 1.36. The zero-order valence-electron chi connectivity index (χ0n) is 12.3. The van der Waals surface area contributed by atoms with Crippen molar-refractivity contribution < 1.29 is 23.4 Å². The maximum absolute atomic E-state index is 14.0. The van der Waals surface area contributed by atoms with E-state index < -0.39 is 23.8 Å². The molecule has 0 N–H and O–H groups in total. The van der Waals surface area contributed by atoms with Crippen molar-refractivity contribution >= 4 is 24.8 Å². The van der Waals surface area contributed by atoms with E-state index in [1.807, 2.05) is 0 Å². The van der Waals surface area contributed by atoms with Crippen molar-refractivity contribution in [3.8, 4) is 0 Å². The maximum Gasteiger partial charge on any atom is 0.410 e. The van der Waals surface area contributed by atoms with E-state index in [1.165, 1.54) is 22.0 Å². The molecular weight excluding hydrogens is 277 g/mol. The fraction of sp³-hybridized carbons (Fsp3) is 0.571. The molecule has 0 aromatic carbocycles. The van der Waals surface area contributed by atoms with Crippen LogP contribution in [0.4, 0.5) is 9.18 Å². The lowest BCUT2D eigenvalue weighted by Crippen LogP contribution is -2.35. The van der Waals surface area contributed by atoms with Crippen molar-refractivity contribution in [2.75, 3.05) is 13.1 Å². The molecule has 1 amide bonds. The minimum atomic E-state index is -1.18. The van der Waals surface area contributed by atoms with Gasteiger partial charge in [0, 0.05) is 6.54 Å². The SMILES string of the molecule is CC(C)(C)OC(=O)N1CC(/C=[N+]2/C=C(C=O)C=N2)[C@H](F)C1. The second kappa shape index (κ2) is 5.75. The van der Waals surface area contributed by atoms with Gasteiger partial charge in [0.05, 0.1) is 12.5 Å². The van der Waals surface area contributed by atoms with Crippen LogP contribution < -0.4 is 0 Å². The molecule has 0 radical (unpaired) electrons. The number of carbonyl (C=O) groups is 2. The number of likely N-dealkylation sites (tertiary alicyclic amines) is 1. The smallest absolute Gasteiger partial charge is 0.410 e. The summed E-state index contributed by atoms with van der Waals surface area (Å²) in [5.41, 5.74) is -0.186. The normalized spacial score (nSPS) is 27.1. The highest BCUT2D eigenvalue weighted by atomic mass is 19.1. The van der Waals surface area contributed by atoms with Crippen LogP contribution in [-0.2, 0) is 9.53 Å². The summed E-state index contributed by atoms with van der Waals surface area (Å²) in [6.45, 7) is 5.52. The van der Waals surface area contributed by atoms with Gasteiger partial charge < -0.3 is 9.64 Å². The van der Waals surface area contributed by atoms with Crippen LogP contribution in [0.2, 0.25) is 0 Å². The van der Waals surface area contributed by atoms with Gasteiger partial charge in [-0.2, -0.15) is 0 Å². The lowest BCUT2D eigenvalue weighted by atomic mass is 10.1. The lowest BCUT2D eigenvalue weighted by molar-refractivity contribution is -0.455. The van der Waals surface area contributed by atoms with Gasteiger partial charge in [-0.1, -0.05) is 4.68 Å². The van der Waals surface area contributed by atoms with Gasteiger partial charge in [0.25, 0.3) is 0 Å². The number of halogens is 1. The summed E-state index contributed by atoms with van der Waals surface area (Å²) in [6.07, 6.45) is 3.46. The number of nitrogens with zero attached hydrogens (tertiary/aromatic N) is 3. The Morgan fingerprint density at radius 3 is 2.81 bits per heavy atom. The van der Waals surface area contributed by atoms with Crippen molar-refractivity contribution in [2.24, 2.45) is 11.0 Å². The molecule has 7 heteroatoms. The highest BCUT2D eigenvalue weighted by molar-refractivity contribution is 6.02. The molecule has 2 aliphatic heterocycles. The summed E-state index contributed by atoms with van der Waals surface area (Å²) < 4.78 is 20.6. The maximum atomic E-state index is 14.0. The standard InChI is InChI=1S/C14H19FN3O3/c1-14(2,3)21-13(20)17-6-11(12(15)8-17)7-18-5-10(9-19)4-16-18/h4-5,7,9,11-12H,6,8H2,1-3H3/q+1/b18-7-/t11?,12-/m1/s1. The summed E-state index contributed by atoms with van der Waals surface area (Å²) in [5.74, 6) is -0.475. The number of amides is 1. The van der Waals surface area contributed by atoms with Gasteiger partial charge in [-0.15, -0.1) is 0 Å². The van der Waals surface area contributed by atoms with Gasteiger partial charge in [0.15, 0.2) is 12.5 Å². The number of carbonyl (C=O) groups excluding carboxylic acids is 2. The van der Waals surface area contributed by atoms with E-state index in [2.05, 4.69) is 5.10 Å². The average molecular weight is 296 g/mol. The molecule has 2 rings (SSSR count). The van der Waals surface area contributed by atoms with Crippen LogP contribution in [0.25, 0.3) is 0 Å². The number of ether oxygens (including phenoxy) is 1. The summed E-state index contributed by atoms with van der Waals surface area (Å²) in [5, 5.41) is 3.94. The predicted molar refractivity (Wildman–Crippen MR) is 75.2 cm³/mol. The minimum absolute atomic E-state index is 0.00210. The van der Waals surface area contributed by atoms with Gasteiger partial charge in [0.1, 0.15) is 23.6 Å². The molecule has 0 aromatic rings. The molecule has 2 heterocycles. The summed E-state index contributed by atoms with van der Waals surface area (Å²) in [6, 6.07) is 0. The second-order valence-corrected chi connectivity index (χ2v) is 6.09. The molecule has 21 heavy (non-hydrogen) atoms. The Balaban J connectivity index is 2.01. The number of rotatable bonds is 2. The number of hydrazone groups is 1. The second-order valence-electron chi connectivity index (χ2n) is 6.09. The summed E-state index contributed by atoms with van der Waals surface area (Å²) in [7, 11) is 0. The van der Waals surface area contributed by atoms with E-state index in [1.54, 1.807) is 27.0 Å². The third kappa shape index (κ3) is 3.96. The average Bonchev–Trinajstić information content (AvgIpc) is 2.95. The Morgan fingerprint density at radius 1 is 1.52 bits per heavy atom. The first kappa shape index (κ1) is 15.3. The van der Waals surface area contributed by atoms with Gasteiger partial charge >= 0.3 is 6.09 Å². The molecule has 0 saturated carbocycles. The van der Waals surface area contributed by atoms with Crippen LogP contribution >= 0.6 is 0 Å². The van der Waals surface area contributed by atoms with E-state index in [0.29, 0.717) is 11.9 Å². The highest BCUT2D eigenvalue weighted by Gasteiger charge is 2.39. The van der Waals surface area contributed by atoms with Crippen LogP contribution in [0.15, 0.2) is 16.9 Å². The summed E-state index contributed by atoms with van der Waals surface area (Å²) >= 11 is 0. The number of allylic oxidation sites excluding steroid dienone is 1. The Bertz CT molecular complexity index is 534. The van der Waals surface area contributed by atoms with Gasteiger partial charge in [0.2, 0.25) is 6.20 Å². The monoisotopic (exact) mass is 296 g/mol. The van der Waals surface area contributed by atoms with Crippen molar-refractivity contribution in [1.82, 2.24) is 4.90 Å². The zero-order chi connectivity index (χ0) is 15.6. The van der Waals surface area contributed by atoms with E-state index >= 15 is 0 Å². The van der Waals surface area contributed by atoms with Gasteiger partial charge in [-0.25, -0.2) is 9.18 Å². The fourth-order valence-electron chi connectivity index (χ4n) is 2.10. The first-order valence-corrected chi connectivity index (χ1v) is 6.75. The molecule has 1 fully saturated rings. The number of aldehydes is 1. The molecule has 6 nitrogen and oxygen atoms in total. The van der Waals surface area contributed by atoms with E-state index in [0.717, 1.165) is 0 Å². The molecule has 0 aliphatic carbocycles. The molecule has 1 saturated heterocycles. The van der Waals surface area contributed by atoms with Crippen molar-refractivity contribution in [1.29, 1.82) is 0 Å². The third-order valence-electron chi connectivity index (χ3n) is 3.04. The Kier molecular flexibility index (Phi) is 4.20. The summed E-state index contributed by atoms with van der Waals surface area (Å²) in [4.78, 5) is 23.8. The van der Waals surface area contributed by atoms with Gasteiger partial charge in [-0.3, -0.25) is 4.79 Å². The molecule has 0 bridgehead atoms. The highest BCUT2D eigenvalue weighted by Crippen LogP contribution is 2.21. The molecule has 1 unspecified atom stereocenters. The molecule has 0 aromatic heterocycles. The molecule has 2 atom stereocenters. The van der Waals surface area contributed by atoms with Crippen molar-refractivity contribution in [2.45, 2.75) is 32.5 Å². The topological polar surface area (TPSA) is 62.0 Å². The number of alkyl halides is 1. The van der Waals surface area contributed by atoms with Crippen LogP contribution in [0.1, 0.15) is 20.8 Å². The number of hydrogen-bond acceptors (Lipinski definition) is 4. The zero-order valence-corrected chi connectivity index (χ0v) is 12.3. The molecule has 0 spiro atoms. The Hall–Kier alpha value is -2.05. The fourth-order valence-corrected chi connectivity index (χ4v) is 2.10. The van der Waals surface area contributed by atoms with E-state index in [4.69, 9.17) is 4.74 Å². The molecule has 2 aliphatic rings. The number of hydrogen-bond donors (Lipinski definition) is 0. The Labute approximate surface area is 122 Å². The first-order valence-electron chi connectivity index (χ1n) is 6.75. The van der Waals surface area contributed by atoms with Gasteiger partial charge in [-0.05, 0) is 25.9 Å². The quantitative estimate of drug-likeness (QED) is 0.571. The van der Waals surface area contributed by atoms with Crippen molar-refractivity contribution in [3.05, 3.63) is 11.8 Å². The molecular formula is C14H19FN3O3+. The van der Waals surface area contributed by atoms with Crippen LogP contribution in [0.3, 0.4) is 0 Å². The lowest BCUT2D eigenvalue weighted by Gasteiger charge is -2.24. The van der Waals surface area contributed by atoms with E-state index in [-0.39, 0.29) is 13.1 Å². The first-order chi connectivity index (χ1) is 9.78. The molecule has 114 valence electrons. The van der Waals surface area contributed by atoms with Crippen LogP contribution in [0.5, 0.6) is 0 Å². The van der Waals surface area contributed by atoms with Crippen LogP contribution in [-0.4, -0.2) is 59.3 Å². The van der Waals surface area contributed by atoms with Crippen LogP contribution in [0, 0.1) is 5.92 Å². The Morgan fingerprint density at radius 2 is 2.24 bits per heavy atom. The van der Waals surface area contributed by atoms with Crippen molar-refractivity contribution in [3.63, 3.8) is 0 Å². The minimum Gasteiger partial charge on any atom is -0.444 e. The largest absolute Gasteiger partial charge is 0.444 e. The van der Waals surface area contributed by atoms with E-state index in [9.17, 15) is 14.0 Å².